The van der Waals surface area contributed by atoms with E-state index in [1.54, 1.807) is 0 Å². The van der Waals surface area contributed by atoms with E-state index in [2.05, 4.69) is 28.9 Å². The van der Waals surface area contributed by atoms with Gasteiger partial charge in [-0.15, -0.1) is 0 Å². The summed E-state index contributed by atoms with van der Waals surface area (Å²) in [5.41, 5.74) is 1.53. The number of nitrogens with zero attached hydrogens (tertiary/aromatic N) is 4. The van der Waals surface area contributed by atoms with E-state index in [9.17, 15) is 10.5 Å². The molecule has 1 radical (unpaired) electrons. The number of halogens is 1. The molecule has 5 heteroatoms. The number of hydrogen-bond acceptors (Lipinski definition) is 4. The molecule has 4 nitrogen and oxygen atoms in total. The number of nitriles is 2. The minimum Gasteiger partial charge on any atom is -0.355 e. The van der Waals surface area contributed by atoms with Gasteiger partial charge in [0.2, 0.25) is 0 Å². The zero-order valence-corrected chi connectivity index (χ0v) is 12.5. The van der Waals surface area contributed by atoms with Gasteiger partial charge in [-0.05, 0) is 30.7 Å². The van der Waals surface area contributed by atoms with E-state index >= 15 is 0 Å². The highest BCUT2D eigenvalue weighted by Gasteiger charge is 2.24. The monoisotopic (exact) mass is 287 g/mol. The van der Waals surface area contributed by atoms with Crippen LogP contribution >= 0.6 is 11.6 Å². The molecular formula is C15H16ClN4. The molecule has 2 rings (SSSR count). The summed E-state index contributed by atoms with van der Waals surface area (Å²) in [5.74, 6) is 2.09. The van der Waals surface area contributed by atoms with Gasteiger partial charge in [-0.1, -0.05) is 25.4 Å². The van der Waals surface area contributed by atoms with E-state index in [4.69, 9.17) is 11.6 Å². The first-order chi connectivity index (χ1) is 9.62. The van der Waals surface area contributed by atoms with Crippen LogP contribution in [0.4, 0.5) is 5.82 Å². The zero-order valence-electron chi connectivity index (χ0n) is 11.7. The van der Waals surface area contributed by atoms with E-state index in [1.807, 2.05) is 6.92 Å². The van der Waals surface area contributed by atoms with Crippen LogP contribution in [0.5, 0.6) is 0 Å². The predicted molar refractivity (Wildman–Crippen MR) is 78.4 cm³/mol. The maximum atomic E-state index is 9.45. The van der Waals surface area contributed by atoms with E-state index in [0.717, 1.165) is 25.9 Å². The van der Waals surface area contributed by atoms with E-state index < -0.39 is 0 Å². The summed E-state index contributed by atoms with van der Waals surface area (Å²) in [4.78, 5) is 6.40. The third kappa shape index (κ3) is 2.57. The molecule has 2 heterocycles. The fourth-order valence-electron chi connectivity index (χ4n) is 2.50. The molecule has 0 N–H and O–H groups in total. The Bertz CT molecular complexity index is 589. The van der Waals surface area contributed by atoms with Crippen LogP contribution in [0, 0.1) is 28.6 Å². The van der Waals surface area contributed by atoms with Crippen molar-refractivity contribution in [1.29, 1.82) is 10.5 Å². The van der Waals surface area contributed by atoms with E-state index in [-0.39, 0.29) is 5.15 Å². The van der Waals surface area contributed by atoms with Crippen LogP contribution in [0.25, 0.3) is 0 Å². The van der Waals surface area contributed by atoms with Crippen molar-refractivity contribution >= 4 is 17.4 Å². The molecule has 0 aliphatic carbocycles. The molecule has 1 fully saturated rings. The van der Waals surface area contributed by atoms with Crippen molar-refractivity contribution in [3.05, 3.63) is 27.8 Å². The second kappa shape index (κ2) is 6.11. The lowest BCUT2D eigenvalue weighted by atomic mass is 9.97. The number of hydrogen-bond donors (Lipinski definition) is 0. The van der Waals surface area contributed by atoms with Gasteiger partial charge in [0.25, 0.3) is 0 Å². The van der Waals surface area contributed by atoms with Crippen molar-refractivity contribution in [2.45, 2.75) is 33.1 Å². The zero-order chi connectivity index (χ0) is 14.7. The molecule has 0 unspecified atom stereocenters. The summed E-state index contributed by atoms with van der Waals surface area (Å²) in [7, 11) is 0. The first kappa shape index (κ1) is 14.6. The van der Waals surface area contributed by atoms with E-state index in [0.29, 0.717) is 28.9 Å². The van der Waals surface area contributed by atoms with Crippen molar-refractivity contribution in [3.8, 4) is 12.1 Å². The molecule has 0 atom stereocenters. The number of piperidine rings is 1. The quantitative estimate of drug-likeness (QED) is 0.783. The Balaban J connectivity index is 2.52. The SMILES string of the molecule is CCc1c(C#N)c(Cl)nc(N2CC[C](C)CC2)c1C#N. The number of pyridine rings is 1. The molecule has 0 aromatic carbocycles. The average molecular weight is 288 g/mol. The Morgan fingerprint density at radius 1 is 1.20 bits per heavy atom. The highest BCUT2D eigenvalue weighted by molar-refractivity contribution is 6.30. The molecule has 103 valence electrons. The highest BCUT2D eigenvalue weighted by atomic mass is 35.5. The summed E-state index contributed by atoms with van der Waals surface area (Å²) in [6.45, 7) is 5.77. The molecule has 1 aliphatic rings. The van der Waals surface area contributed by atoms with Crippen LogP contribution in [0.2, 0.25) is 5.15 Å². The minimum atomic E-state index is 0.199. The van der Waals surface area contributed by atoms with E-state index in [1.165, 1.54) is 5.92 Å². The highest BCUT2D eigenvalue weighted by Crippen LogP contribution is 2.31. The molecule has 0 saturated carbocycles. The normalized spacial score (nSPS) is 15.8. The van der Waals surface area contributed by atoms with Crippen LogP contribution in [0.3, 0.4) is 0 Å². The second-order valence-corrected chi connectivity index (χ2v) is 5.33. The standard InChI is InChI=1S/C15H16ClN4/c1-3-11-12(8-17)14(16)19-15(13(11)9-18)20-6-4-10(2)5-7-20/h3-7H2,1-2H3. The van der Waals surface area contributed by atoms with Gasteiger partial charge in [0.05, 0.1) is 11.1 Å². The molecule has 0 bridgehead atoms. The maximum absolute atomic E-state index is 9.45. The number of aromatic nitrogens is 1. The van der Waals surface area contributed by atoms with Crippen molar-refractivity contribution in [2.24, 2.45) is 0 Å². The Morgan fingerprint density at radius 2 is 1.80 bits per heavy atom. The molecule has 1 saturated heterocycles. The smallest absolute Gasteiger partial charge is 0.149 e. The number of rotatable bonds is 2. The van der Waals surface area contributed by atoms with Gasteiger partial charge < -0.3 is 4.90 Å². The van der Waals surface area contributed by atoms with Crippen LogP contribution in [-0.2, 0) is 6.42 Å². The Kier molecular flexibility index (Phi) is 4.47. The van der Waals surface area contributed by atoms with Gasteiger partial charge in [-0.25, -0.2) is 4.98 Å². The third-order valence-corrected chi connectivity index (χ3v) is 4.00. The fraction of sp³-hybridized carbons (Fsp3) is 0.467. The van der Waals surface area contributed by atoms with Gasteiger partial charge in [0.1, 0.15) is 23.1 Å². The predicted octanol–water partition coefficient (Wildman–Crippen LogP) is 3.24. The van der Waals surface area contributed by atoms with Gasteiger partial charge in [-0.2, -0.15) is 10.5 Å². The second-order valence-electron chi connectivity index (χ2n) is 4.98. The van der Waals surface area contributed by atoms with Crippen molar-refractivity contribution in [2.75, 3.05) is 18.0 Å². The summed E-state index contributed by atoms with van der Waals surface area (Å²) < 4.78 is 0. The topological polar surface area (TPSA) is 63.7 Å². The molecule has 1 aromatic rings. The summed E-state index contributed by atoms with van der Waals surface area (Å²) in [6.07, 6.45) is 2.61. The van der Waals surface area contributed by atoms with Crippen LogP contribution in [0.15, 0.2) is 0 Å². The van der Waals surface area contributed by atoms with Gasteiger partial charge in [0.15, 0.2) is 0 Å². The number of anilines is 1. The molecule has 20 heavy (non-hydrogen) atoms. The summed E-state index contributed by atoms with van der Waals surface area (Å²) in [5, 5.41) is 18.8. The van der Waals surface area contributed by atoms with Gasteiger partial charge >= 0.3 is 0 Å². The molecule has 1 aromatic heterocycles. The summed E-state index contributed by atoms with van der Waals surface area (Å²) in [6, 6.07) is 4.26. The molecule has 1 aliphatic heterocycles. The van der Waals surface area contributed by atoms with Crippen LogP contribution < -0.4 is 4.90 Å². The van der Waals surface area contributed by atoms with Crippen LogP contribution in [-0.4, -0.2) is 18.1 Å². The molecule has 0 spiro atoms. The summed E-state index contributed by atoms with van der Waals surface area (Å²) >= 11 is 6.12. The lowest BCUT2D eigenvalue weighted by Crippen LogP contribution is -2.33. The fourth-order valence-corrected chi connectivity index (χ4v) is 2.74. The third-order valence-electron chi connectivity index (χ3n) is 3.73. The first-order valence-electron chi connectivity index (χ1n) is 6.71. The van der Waals surface area contributed by atoms with Gasteiger partial charge in [-0.3, -0.25) is 0 Å². The maximum Gasteiger partial charge on any atom is 0.149 e. The van der Waals surface area contributed by atoms with Crippen LogP contribution in [0.1, 0.15) is 43.4 Å². The lowest BCUT2D eigenvalue weighted by Gasteiger charge is -2.32. The van der Waals surface area contributed by atoms with Crippen molar-refractivity contribution < 1.29 is 0 Å². The minimum absolute atomic E-state index is 0.199. The van der Waals surface area contributed by atoms with Gasteiger partial charge in [0, 0.05) is 13.1 Å². The lowest BCUT2D eigenvalue weighted by molar-refractivity contribution is 0.608. The van der Waals surface area contributed by atoms with Crippen molar-refractivity contribution in [1.82, 2.24) is 4.98 Å². The first-order valence-corrected chi connectivity index (χ1v) is 7.09. The average Bonchev–Trinajstić information content (AvgIpc) is 2.46. The Morgan fingerprint density at radius 3 is 2.30 bits per heavy atom. The largest absolute Gasteiger partial charge is 0.355 e. The van der Waals surface area contributed by atoms with Crippen molar-refractivity contribution in [3.63, 3.8) is 0 Å². The Hall–Kier alpha value is -1.78. The molecular weight excluding hydrogens is 272 g/mol. The Labute approximate surface area is 124 Å². The molecule has 0 amide bonds.